The molecule has 0 fully saturated rings. The molecule has 3 rings (SSSR count). The molecule has 0 atom stereocenters. The molecular weight excluding hydrogens is 412 g/mol. The molecule has 29 heavy (non-hydrogen) atoms. The molecule has 0 aliphatic carbocycles. The molecule has 2 aromatic carbocycles. The number of halogens is 4. The Kier molecular flexibility index (Phi) is 5.57. The van der Waals surface area contributed by atoms with Crippen molar-refractivity contribution in [3.63, 3.8) is 0 Å². The number of hydrogen-bond acceptors (Lipinski definition) is 3. The van der Waals surface area contributed by atoms with Crippen molar-refractivity contribution in [2.75, 3.05) is 17.1 Å². The Morgan fingerprint density at radius 1 is 1.17 bits per heavy atom. The van der Waals surface area contributed by atoms with Crippen molar-refractivity contribution in [3.8, 4) is 0 Å². The molecule has 2 aromatic rings. The molecule has 156 valence electrons. The summed E-state index contributed by atoms with van der Waals surface area (Å²) in [5.74, 6) is -1.63. The second kappa shape index (κ2) is 7.66. The molecule has 0 saturated heterocycles. The molecule has 1 aliphatic heterocycles. The van der Waals surface area contributed by atoms with Crippen LogP contribution in [0.2, 0.25) is 0 Å². The summed E-state index contributed by atoms with van der Waals surface area (Å²) in [5, 5.41) is 2.40. The average molecular weight is 430 g/mol. The molecule has 1 amide bonds. The van der Waals surface area contributed by atoms with Crippen molar-refractivity contribution < 1.29 is 30.8 Å². The molecular formula is C19H18F4N2O3S. The number of aryl methyl sites for hydroxylation is 1. The number of rotatable bonds is 4. The van der Waals surface area contributed by atoms with Crippen LogP contribution >= 0.6 is 0 Å². The fraction of sp³-hybridized carbons (Fsp3) is 0.316. The SMILES string of the molecule is CS(=O)(=O)N1CCCc2cc(C(=O)NCc3ccc(F)cc3C(F)(F)F)ccc21. The van der Waals surface area contributed by atoms with Crippen LogP contribution in [-0.2, 0) is 29.2 Å². The highest BCUT2D eigenvalue weighted by atomic mass is 32.2. The molecule has 0 aromatic heterocycles. The van der Waals surface area contributed by atoms with E-state index in [1.807, 2.05) is 0 Å². The lowest BCUT2D eigenvalue weighted by Gasteiger charge is -2.29. The summed E-state index contributed by atoms with van der Waals surface area (Å²) in [4.78, 5) is 12.4. The lowest BCUT2D eigenvalue weighted by atomic mass is 10.0. The highest BCUT2D eigenvalue weighted by Crippen LogP contribution is 2.33. The van der Waals surface area contributed by atoms with E-state index in [4.69, 9.17) is 0 Å². The van der Waals surface area contributed by atoms with Crippen LogP contribution in [0.1, 0.15) is 33.5 Å². The fourth-order valence-electron chi connectivity index (χ4n) is 3.29. The number of anilines is 1. The van der Waals surface area contributed by atoms with E-state index in [9.17, 15) is 30.8 Å². The molecule has 1 heterocycles. The van der Waals surface area contributed by atoms with Gasteiger partial charge in [-0.1, -0.05) is 6.07 Å². The van der Waals surface area contributed by atoms with Gasteiger partial charge in [-0.25, -0.2) is 12.8 Å². The van der Waals surface area contributed by atoms with E-state index in [1.54, 1.807) is 0 Å². The maximum Gasteiger partial charge on any atom is 0.416 e. The maximum absolute atomic E-state index is 13.2. The summed E-state index contributed by atoms with van der Waals surface area (Å²) >= 11 is 0. The van der Waals surface area contributed by atoms with Gasteiger partial charge in [-0.3, -0.25) is 9.10 Å². The van der Waals surface area contributed by atoms with Gasteiger partial charge >= 0.3 is 6.18 Å². The lowest BCUT2D eigenvalue weighted by Crippen LogP contribution is -2.34. The maximum atomic E-state index is 13.2. The van der Waals surface area contributed by atoms with Gasteiger partial charge in [0, 0.05) is 18.7 Å². The summed E-state index contributed by atoms with van der Waals surface area (Å²) in [6, 6.07) is 6.75. The normalized spacial score (nSPS) is 14.4. The van der Waals surface area contributed by atoms with Crippen molar-refractivity contribution in [1.29, 1.82) is 0 Å². The summed E-state index contributed by atoms with van der Waals surface area (Å²) in [7, 11) is -3.45. The van der Waals surface area contributed by atoms with Crippen LogP contribution in [0.5, 0.6) is 0 Å². The molecule has 1 aliphatic rings. The van der Waals surface area contributed by atoms with Crippen LogP contribution in [0.3, 0.4) is 0 Å². The molecule has 1 N–H and O–H groups in total. The second-order valence-electron chi connectivity index (χ2n) is 6.76. The third kappa shape index (κ3) is 4.69. The highest BCUT2D eigenvalue weighted by Gasteiger charge is 2.33. The van der Waals surface area contributed by atoms with Gasteiger partial charge in [-0.2, -0.15) is 13.2 Å². The van der Waals surface area contributed by atoms with Crippen molar-refractivity contribution in [2.24, 2.45) is 0 Å². The summed E-state index contributed by atoms with van der Waals surface area (Å²) in [6.07, 6.45) is -2.47. The first kappa shape index (κ1) is 21.1. The van der Waals surface area contributed by atoms with E-state index in [-0.39, 0.29) is 11.1 Å². The molecule has 0 bridgehead atoms. The van der Waals surface area contributed by atoms with Crippen LogP contribution in [0.15, 0.2) is 36.4 Å². The Hall–Kier alpha value is -2.62. The second-order valence-corrected chi connectivity index (χ2v) is 8.67. The number of nitrogens with one attached hydrogen (secondary N) is 1. The number of benzene rings is 2. The quantitative estimate of drug-likeness (QED) is 0.756. The average Bonchev–Trinajstić information content (AvgIpc) is 2.64. The highest BCUT2D eigenvalue weighted by molar-refractivity contribution is 7.92. The first-order valence-corrected chi connectivity index (χ1v) is 10.6. The van der Waals surface area contributed by atoms with E-state index in [1.165, 1.54) is 22.5 Å². The van der Waals surface area contributed by atoms with Crippen LogP contribution in [0.25, 0.3) is 0 Å². The fourth-order valence-corrected chi connectivity index (χ4v) is 4.29. The number of nitrogens with zero attached hydrogens (tertiary/aromatic N) is 1. The van der Waals surface area contributed by atoms with Crippen molar-refractivity contribution in [3.05, 3.63) is 64.5 Å². The standard InChI is InChI=1S/C19H18F4N2O3S/c1-29(27,28)25-8-2-3-12-9-13(5-7-17(12)25)18(26)24-11-14-4-6-15(20)10-16(14)19(21,22)23/h4-7,9-10H,2-3,8,11H2,1H3,(H,24,26). The van der Waals surface area contributed by atoms with Gasteiger partial charge in [0.15, 0.2) is 0 Å². The van der Waals surface area contributed by atoms with E-state index in [0.29, 0.717) is 36.7 Å². The smallest absolute Gasteiger partial charge is 0.348 e. The summed E-state index contributed by atoms with van der Waals surface area (Å²) in [5.41, 5.74) is -0.0319. The minimum Gasteiger partial charge on any atom is -0.348 e. The summed E-state index contributed by atoms with van der Waals surface area (Å²) in [6.45, 7) is -0.0807. The minimum absolute atomic E-state index is 0.203. The number of fused-ring (bicyclic) bond motifs is 1. The zero-order valence-electron chi connectivity index (χ0n) is 15.4. The van der Waals surface area contributed by atoms with E-state index >= 15 is 0 Å². The topological polar surface area (TPSA) is 66.5 Å². The van der Waals surface area contributed by atoms with E-state index < -0.39 is 40.0 Å². The predicted molar refractivity (Wildman–Crippen MR) is 99.5 cm³/mol. The van der Waals surface area contributed by atoms with Gasteiger partial charge < -0.3 is 5.32 Å². The Morgan fingerprint density at radius 2 is 1.90 bits per heavy atom. The van der Waals surface area contributed by atoms with Crippen LogP contribution in [0, 0.1) is 5.82 Å². The monoisotopic (exact) mass is 430 g/mol. The van der Waals surface area contributed by atoms with Crippen molar-refractivity contribution in [2.45, 2.75) is 25.6 Å². The van der Waals surface area contributed by atoms with Gasteiger partial charge in [-0.15, -0.1) is 0 Å². The Balaban J connectivity index is 1.80. The Morgan fingerprint density at radius 3 is 2.55 bits per heavy atom. The van der Waals surface area contributed by atoms with Crippen LogP contribution < -0.4 is 9.62 Å². The number of carbonyl (C=O) groups is 1. The van der Waals surface area contributed by atoms with Gasteiger partial charge in [0.1, 0.15) is 5.82 Å². The molecule has 0 radical (unpaired) electrons. The van der Waals surface area contributed by atoms with Crippen molar-refractivity contribution in [1.82, 2.24) is 5.32 Å². The Bertz CT molecular complexity index is 1050. The van der Waals surface area contributed by atoms with Crippen LogP contribution in [0.4, 0.5) is 23.2 Å². The molecule has 10 heteroatoms. The molecule has 0 unspecified atom stereocenters. The minimum atomic E-state index is -4.75. The lowest BCUT2D eigenvalue weighted by molar-refractivity contribution is -0.138. The van der Waals surface area contributed by atoms with Gasteiger partial charge in [-0.05, 0) is 54.3 Å². The zero-order valence-corrected chi connectivity index (χ0v) is 16.2. The first-order valence-electron chi connectivity index (χ1n) is 8.71. The number of hydrogen-bond donors (Lipinski definition) is 1. The predicted octanol–water partition coefficient (Wildman–Crippen LogP) is 3.49. The number of alkyl halides is 3. The zero-order chi connectivity index (χ0) is 21.4. The van der Waals surface area contributed by atoms with Gasteiger partial charge in [0.2, 0.25) is 10.0 Å². The Labute approximate surface area is 165 Å². The number of amides is 1. The summed E-state index contributed by atoms with van der Waals surface area (Å²) < 4.78 is 77.4. The van der Waals surface area contributed by atoms with Crippen molar-refractivity contribution >= 4 is 21.6 Å². The molecule has 5 nitrogen and oxygen atoms in total. The third-order valence-corrected chi connectivity index (χ3v) is 5.81. The third-order valence-electron chi connectivity index (χ3n) is 4.63. The largest absolute Gasteiger partial charge is 0.416 e. The van der Waals surface area contributed by atoms with Gasteiger partial charge in [0.25, 0.3) is 5.91 Å². The van der Waals surface area contributed by atoms with E-state index in [2.05, 4.69) is 5.32 Å². The number of sulfonamides is 1. The van der Waals surface area contributed by atoms with Gasteiger partial charge in [0.05, 0.1) is 17.5 Å². The molecule has 0 saturated carbocycles. The first-order chi connectivity index (χ1) is 13.5. The molecule has 0 spiro atoms. The van der Waals surface area contributed by atoms with Crippen LogP contribution in [-0.4, -0.2) is 27.1 Å². The van der Waals surface area contributed by atoms with E-state index in [0.717, 1.165) is 18.4 Å². The number of carbonyl (C=O) groups excluding carboxylic acids is 1.